The molecular weight excluding hydrogens is 629 g/mol. The fraction of sp³-hybridized carbons (Fsp3) is 0.147. The predicted molar refractivity (Wildman–Crippen MR) is 150 cm³/mol. The van der Waals surface area contributed by atoms with Crippen LogP contribution >= 0.6 is 0 Å². The van der Waals surface area contributed by atoms with Gasteiger partial charge in [-0.25, -0.2) is 0 Å². The first-order valence-corrected chi connectivity index (χ1v) is 12.8. The molecule has 2 nitrogen and oxygen atoms in total. The van der Waals surface area contributed by atoms with Gasteiger partial charge < -0.3 is 9.88 Å². The van der Waals surface area contributed by atoms with Crippen LogP contribution in [-0.4, -0.2) is 4.98 Å². The minimum atomic E-state index is -0.0433. The minimum absolute atomic E-state index is 0. The van der Waals surface area contributed by atoms with E-state index in [1.807, 2.05) is 18.3 Å². The summed E-state index contributed by atoms with van der Waals surface area (Å²) < 4.78 is 0. The average molecular weight is 658 g/mol. The zero-order valence-electron chi connectivity index (χ0n) is 21.1. The van der Waals surface area contributed by atoms with Crippen LogP contribution in [0.25, 0.3) is 22.4 Å². The molecule has 1 heterocycles. The quantitative estimate of drug-likeness (QED) is 0.169. The van der Waals surface area contributed by atoms with Crippen molar-refractivity contribution in [3.05, 3.63) is 133 Å². The molecule has 6 rings (SSSR count). The summed E-state index contributed by atoms with van der Waals surface area (Å²) in [6.45, 7) is 4.64. The molecule has 0 saturated carbocycles. The molecule has 0 unspecified atom stereocenters. The number of hydrogen-bond acceptors (Lipinski definition) is 2. The molecule has 5 aromatic rings. The van der Waals surface area contributed by atoms with Gasteiger partial charge in [-0.15, -0.1) is 29.3 Å². The molecule has 1 aliphatic rings. The van der Waals surface area contributed by atoms with E-state index in [0.717, 1.165) is 35.5 Å². The van der Waals surface area contributed by atoms with Gasteiger partial charge in [0.25, 0.3) is 0 Å². The molecule has 0 fully saturated rings. The third kappa shape index (κ3) is 4.23. The first kappa shape index (κ1) is 25.1. The van der Waals surface area contributed by atoms with Gasteiger partial charge >= 0.3 is 0 Å². The van der Waals surface area contributed by atoms with Crippen LogP contribution in [0.3, 0.4) is 0 Å². The summed E-state index contributed by atoms with van der Waals surface area (Å²) >= 11 is 0. The van der Waals surface area contributed by atoms with Gasteiger partial charge in [-0.2, -0.15) is 0 Å². The Balaban J connectivity index is 0.00000280. The summed E-state index contributed by atoms with van der Waals surface area (Å²) in [6, 6.07) is 42.3. The van der Waals surface area contributed by atoms with E-state index >= 15 is 0 Å². The van der Waals surface area contributed by atoms with Gasteiger partial charge in [-0.05, 0) is 66.6 Å². The smallest absolute Gasteiger partial charge is 0.0464 e. The van der Waals surface area contributed by atoms with Crippen LogP contribution in [0.1, 0.15) is 37.8 Å². The first-order valence-electron chi connectivity index (χ1n) is 12.8. The number of pyridine rings is 1. The van der Waals surface area contributed by atoms with Crippen LogP contribution in [0.4, 0.5) is 17.1 Å². The van der Waals surface area contributed by atoms with E-state index in [9.17, 15) is 0 Å². The van der Waals surface area contributed by atoms with Crippen molar-refractivity contribution >= 4 is 17.1 Å². The Morgan fingerprint density at radius 2 is 1.30 bits per heavy atom. The summed E-state index contributed by atoms with van der Waals surface area (Å²) in [4.78, 5) is 6.94. The summed E-state index contributed by atoms with van der Waals surface area (Å²) in [5.41, 5.74) is 10.9. The molecular formula is C34H29IrN2-. The predicted octanol–water partition coefficient (Wildman–Crippen LogP) is 9.10. The van der Waals surface area contributed by atoms with Gasteiger partial charge in [0.15, 0.2) is 0 Å². The maximum absolute atomic E-state index is 4.59. The molecule has 37 heavy (non-hydrogen) atoms. The van der Waals surface area contributed by atoms with E-state index in [1.165, 1.54) is 27.9 Å². The SMILES string of the molecule is CCC1(CC)c2cc(-c3ccccn3)[c-]cc2-c2ccc(N(c3ccccc3)c3ccccc3)cc21.[Ir]. The first-order chi connectivity index (χ1) is 17.7. The number of para-hydroxylation sites is 2. The summed E-state index contributed by atoms with van der Waals surface area (Å²) in [5, 5.41) is 0. The van der Waals surface area contributed by atoms with Crippen LogP contribution in [0.5, 0.6) is 0 Å². The van der Waals surface area contributed by atoms with E-state index in [0.29, 0.717) is 0 Å². The van der Waals surface area contributed by atoms with Gasteiger partial charge in [0.2, 0.25) is 0 Å². The number of fused-ring (bicyclic) bond motifs is 3. The molecule has 0 saturated heterocycles. The summed E-state index contributed by atoms with van der Waals surface area (Å²) in [6.07, 6.45) is 3.93. The normalized spacial score (nSPS) is 12.8. The van der Waals surface area contributed by atoms with Crippen LogP contribution < -0.4 is 4.90 Å². The van der Waals surface area contributed by atoms with Crippen LogP contribution in [-0.2, 0) is 25.5 Å². The van der Waals surface area contributed by atoms with Crippen LogP contribution in [0.2, 0.25) is 0 Å². The largest absolute Gasteiger partial charge is 0.310 e. The molecule has 3 heteroatoms. The Bertz CT molecular complexity index is 1450. The molecule has 0 aliphatic heterocycles. The summed E-state index contributed by atoms with van der Waals surface area (Å²) in [7, 11) is 0. The van der Waals surface area contributed by atoms with Crippen molar-refractivity contribution in [1.29, 1.82) is 0 Å². The molecule has 0 N–H and O–H groups in total. The average Bonchev–Trinajstić information content (AvgIpc) is 3.23. The molecule has 4 aromatic carbocycles. The maximum atomic E-state index is 4.59. The number of nitrogens with zero attached hydrogens (tertiary/aromatic N) is 2. The molecule has 1 aromatic heterocycles. The number of hydrogen-bond donors (Lipinski definition) is 0. The maximum Gasteiger partial charge on any atom is 0.0464 e. The molecule has 1 radical (unpaired) electrons. The van der Waals surface area contributed by atoms with Gasteiger partial charge in [-0.1, -0.05) is 79.6 Å². The zero-order chi connectivity index (χ0) is 24.5. The van der Waals surface area contributed by atoms with Crippen molar-refractivity contribution in [3.8, 4) is 22.4 Å². The van der Waals surface area contributed by atoms with Crippen molar-refractivity contribution in [1.82, 2.24) is 4.98 Å². The van der Waals surface area contributed by atoms with Gasteiger partial charge in [0, 0.05) is 48.8 Å². The van der Waals surface area contributed by atoms with Crippen molar-refractivity contribution in [3.63, 3.8) is 0 Å². The molecule has 0 atom stereocenters. The number of aromatic nitrogens is 1. The summed E-state index contributed by atoms with van der Waals surface area (Å²) in [5.74, 6) is 0. The van der Waals surface area contributed by atoms with E-state index in [4.69, 9.17) is 0 Å². The van der Waals surface area contributed by atoms with Gasteiger partial charge in [-0.3, -0.25) is 0 Å². The van der Waals surface area contributed by atoms with E-state index < -0.39 is 0 Å². The van der Waals surface area contributed by atoms with Crippen molar-refractivity contribution in [2.75, 3.05) is 4.90 Å². The second-order valence-electron chi connectivity index (χ2n) is 9.41. The van der Waals surface area contributed by atoms with Gasteiger partial charge in [0.05, 0.1) is 0 Å². The minimum Gasteiger partial charge on any atom is -0.310 e. The topological polar surface area (TPSA) is 16.1 Å². The molecule has 0 spiro atoms. The van der Waals surface area contributed by atoms with Gasteiger partial charge in [0.1, 0.15) is 0 Å². The molecule has 1 aliphatic carbocycles. The third-order valence-corrected chi connectivity index (χ3v) is 7.71. The van der Waals surface area contributed by atoms with E-state index in [2.05, 4.69) is 127 Å². The van der Waals surface area contributed by atoms with Crippen molar-refractivity contribution < 1.29 is 20.1 Å². The third-order valence-electron chi connectivity index (χ3n) is 7.71. The standard InChI is InChI=1S/C34H29N2.Ir/c1-3-34(4-2)31-23-25(33-17-11-12-22-35-33)18-20-29(31)30-21-19-28(24-32(30)34)36(26-13-7-5-8-14-26)27-15-9-6-10-16-27;/h5-17,19-24H,3-4H2,1-2H3;/q-1;. The fourth-order valence-electron chi connectivity index (χ4n) is 5.84. The number of rotatable bonds is 6. The Hall–Kier alpha value is -3.52. The number of benzene rings is 4. The van der Waals surface area contributed by atoms with Crippen molar-refractivity contribution in [2.45, 2.75) is 32.1 Å². The van der Waals surface area contributed by atoms with Crippen LogP contribution in [0.15, 0.2) is 115 Å². The van der Waals surface area contributed by atoms with E-state index in [1.54, 1.807) is 0 Å². The Labute approximate surface area is 233 Å². The second-order valence-corrected chi connectivity index (χ2v) is 9.41. The zero-order valence-corrected chi connectivity index (χ0v) is 23.5. The Morgan fingerprint density at radius 3 is 1.89 bits per heavy atom. The monoisotopic (exact) mass is 658 g/mol. The fourth-order valence-corrected chi connectivity index (χ4v) is 5.84. The van der Waals surface area contributed by atoms with Crippen molar-refractivity contribution in [2.24, 2.45) is 0 Å². The number of anilines is 3. The molecule has 0 amide bonds. The Morgan fingerprint density at radius 1 is 0.676 bits per heavy atom. The Kier molecular flexibility index (Phi) is 7.11. The van der Waals surface area contributed by atoms with E-state index in [-0.39, 0.29) is 25.5 Å². The molecule has 0 bridgehead atoms. The van der Waals surface area contributed by atoms with Crippen LogP contribution in [0, 0.1) is 6.07 Å². The second kappa shape index (κ2) is 10.5. The molecule has 185 valence electrons.